The van der Waals surface area contributed by atoms with E-state index >= 15 is 0 Å². The van der Waals surface area contributed by atoms with Gasteiger partial charge in [0.05, 0.1) is 6.54 Å². The number of amides is 1. The second-order valence-electron chi connectivity index (χ2n) is 7.30. The average Bonchev–Trinajstić information content (AvgIpc) is 3.03. The maximum atomic E-state index is 11.9. The molecule has 0 fully saturated rings. The highest BCUT2D eigenvalue weighted by molar-refractivity contribution is 5.90. The number of carboxylic acid groups (broad SMARTS) is 1. The molecular formula is C19H25N5O3. The van der Waals surface area contributed by atoms with Gasteiger partial charge in [-0.25, -0.2) is 4.68 Å². The van der Waals surface area contributed by atoms with Gasteiger partial charge in [-0.3, -0.25) is 19.8 Å². The molecule has 8 heteroatoms. The smallest absolute Gasteiger partial charge is 0.314 e. The fourth-order valence-electron chi connectivity index (χ4n) is 3.24. The number of fused-ring (bicyclic) bond motifs is 1. The number of benzene rings is 1. The van der Waals surface area contributed by atoms with Gasteiger partial charge in [0.15, 0.2) is 0 Å². The highest BCUT2D eigenvalue weighted by Crippen LogP contribution is 2.29. The SMILES string of the molecule is CC(C)C(=O)Nc1nc2n(n1)CC(N(C)Cc1ccccc1)CC2C(=O)O. The van der Waals surface area contributed by atoms with E-state index in [2.05, 4.69) is 32.4 Å². The molecule has 2 atom stereocenters. The maximum Gasteiger partial charge on any atom is 0.314 e. The molecule has 1 aromatic carbocycles. The first-order chi connectivity index (χ1) is 12.8. The Morgan fingerprint density at radius 3 is 2.67 bits per heavy atom. The highest BCUT2D eigenvalue weighted by Gasteiger charge is 2.36. The van der Waals surface area contributed by atoms with Crippen molar-refractivity contribution in [3.8, 4) is 0 Å². The first kappa shape index (κ1) is 19.0. The van der Waals surface area contributed by atoms with Crippen LogP contribution in [0.3, 0.4) is 0 Å². The van der Waals surface area contributed by atoms with E-state index in [4.69, 9.17) is 0 Å². The third-order valence-electron chi connectivity index (χ3n) is 4.86. The van der Waals surface area contributed by atoms with Crippen LogP contribution in [0.4, 0.5) is 5.95 Å². The number of rotatable bonds is 6. The van der Waals surface area contributed by atoms with Gasteiger partial charge in [-0.15, -0.1) is 5.10 Å². The molecule has 0 bridgehead atoms. The summed E-state index contributed by atoms with van der Waals surface area (Å²) in [5, 5.41) is 16.6. The Labute approximate surface area is 158 Å². The minimum absolute atomic E-state index is 0.00848. The molecule has 27 heavy (non-hydrogen) atoms. The molecule has 1 aliphatic rings. The first-order valence-corrected chi connectivity index (χ1v) is 9.07. The number of carboxylic acids is 1. The summed E-state index contributed by atoms with van der Waals surface area (Å²) in [6.07, 6.45) is 0.453. The molecule has 8 nitrogen and oxygen atoms in total. The third kappa shape index (κ3) is 4.33. The lowest BCUT2D eigenvalue weighted by molar-refractivity contribution is -0.140. The van der Waals surface area contributed by atoms with Crippen molar-refractivity contribution in [2.75, 3.05) is 12.4 Å². The Hall–Kier alpha value is -2.74. The molecule has 2 aromatic rings. The van der Waals surface area contributed by atoms with Crippen LogP contribution in [-0.4, -0.2) is 49.7 Å². The number of hydrogen-bond donors (Lipinski definition) is 2. The largest absolute Gasteiger partial charge is 0.481 e. The number of nitrogens with one attached hydrogen (secondary N) is 1. The minimum Gasteiger partial charge on any atom is -0.481 e. The summed E-state index contributed by atoms with van der Waals surface area (Å²) in [7, 11) is 1.99. The highest BCUT2D eigenvalue weighted by atomic mass is 16.4. The van der Waals surface area contributed by atoms with Crippen LogP contribution in [-0.2, 0) is 22.7 Å². The van der Waals surface area contributed by atoms with Gasteiger partial charge in [0.2, 0.25) is 11.9 Å². The van der Waals surface area contributed by atoms with Crippen LogP contribution < -0.4 is 5.32 Å². The first-order valence-electron chi connectivity index (χ1n) is 9.07. The van der Waals surface area contributed by atoms with E-state index in [1.165, 1.54) is 5.56 Å². The fourth-order valence-corrected chi connectivity index (χ4v) is 3.24. The summed E-state index contributed by atoms with van der Waals surface area (Å²) in [5.41, 5.74) is 1.17. The van der Waals surface area contributed by atoms with Gasteiger partial charge in [0.1, 0.15) is 11.7 Å². The van der Waals surface area contributed by atoms with E-state index in [9.17, 15) is 14.7 Å². The van der Waals surface area contributed by atoms with Crippen LogP contribution in [0.2, 0.25) is 0 Å². The Bertz CT molecular complexity index is 818. The molecule has 2 unspecified atom stereocenters. The number of aliphatic carboxylic acids is 1. The second-order valence-corrected chi connectivity index (χ2v) is 7.30. The van der Waals surface area contributed by atoms with Crippen molar-refractivity contribution >= 4 is 17.8 Å². The standard InChI is InChI=1S/C19H25N5O3/c1-12(2)17(25)21-19-20-16-15(18(26)27)9-14(11-24(16)22-19)23(3)10-13-7-5-4-6-8-13/h4-8,12,14-15H,9-11H2,1-3H3,(H,26,27)(H,21,22,25). The molecule has 0 aliphatic carbocycles. The zero-order chi connectivity index (χ0) is 19.6. The molecule has 0 spiro atoms. The van der Waals surface area contributed by atoms with E-state index in [1.54, 1.807) is 18.5 Å². The second kappa shape index (κ2) is 7.87. The number of hydrogen-bond acceptors (Lipinski definition) is 5. The summed E-state index contributed by atoms with van der Waals surface area (Å²) in [6.45, 7) is 4.81. The van der Waals surface area contributed by atoms with Crippen LogP contribution in [0, 0.1) is 5.92 Å². The zero-order valence-electron chi connectivity index (χ0n) is 15.8. The normalized spacial score (nSPS) is 19.1. The average molecular weight is 371 g/mol. The summed E-state index contributed by atoms with van der Waals surface area (Å²) >= 11 is 0. The van der Waals surface area contributed by atoms with Crippen LogP contribution in [0.5, 0.6) is 0 Å². The van der Waals surface area contributed by atoms with Crippen molar-refractivity contribution in [2.45, 2.75) is 45.3 Å². The van der Waals surface area contributed by atoms with E-state index < -0.39 is 11.9 Å². The topological polar surface area (TPSA) is 100 Å². The predicted octanol–water partition coefficient (Wildman–Crippen LogP) is 1.95. The van der Waals surface area contributed by atoms with Crippen molar-refractivity contribution in [2.24, 2.45) is 5.92 Å². The molecule has 0 saturated heterocycles. The van der Waals surface area contributed by atoms with Gasteiger partial charge in [-0.05, 0) is 19.0 Å². The molecule has 1 aromatic heterocycles. The molecule has 0 saturated carbocycles. The molecule has 1 aliphatic heterocycles. The van der Waals surface area contributed by atoms with Crippen LogP contribution in [0.1, 0.15) is 37.6 Å². The number of nitrogens with zero attached hydrogens (tertiary/aromatic N) is 4. The number of likely N-dealkylation sites (N-methyl/N-ethyl adjacent to an activating group) is 1. The predicted molar refractivity (Wildman–Crippen MR) is 100 cm³/mol. The lowest BCUT2D eigenvalue weighted by atomic mass is 9.94. The van der Waals surface area contributed by atoms with Crippen molar-refractivity contribution < 1.29 is 14.7 Å². The lowest BCUT2D eigenvalue weighted by Gasteiger charge is -2.33. The van der Waals surface area contributed by atoms with Crippen LogP contribution >= 0.6 is 0 Å². The van der Waals surface area contributed by atoms with Crippen molar-refractivity contribution in [3.63, 3.8) is 0 Å². The zero-order valence-corrected chi connectivity index (χ0v) is 15.8. The van der Waals surface area contributed by atoms with Gasteiger partial charge in [-0.2, -0.15) is 4.98 Å². The van der Waals surface area contributed by atoms with Gasteiger partial charge in [-0.1, -0.05) is 44.2 Å². The molecular weight excluding hydrogens is 346 g/mol. The minimum atomic E-state index is -0.928. The molecule has 0 radical (unpaired) electrons. The van der Waals surface area contributed by atoms with E-state index in [0.717, 1.165) is 6.54 Å². The molecule has 3 rings (SSSR count). The van der Waals surface area contributed by atoms with Gasteiger partial charge in [0.25, 0.3) is 0 Å². The summed E-state index contributed by atoms with van der Waals surface area (Å²) < 4.78 is 1.62. The van der Waals surface area contributed by atoms with Gasteiger partial charge >= 0.3 is 5.97 Å². The third-order valence-corrected chi connectivity index (χ3v) is 4.86. The molecule has 1 amide bonds. The van der Waals surface area contributed by atoms with E-state index in [-0.39, 0.29) is 23.8 Å². The number of carbonyl (C=O) groups excluding carboxylic acids is 1. The molecule has 144 valence electrons. The van der Waals surface area contributed by atoms with E-state index in [1.807, 2.05) is 25.2 Å². The quantitative estimate of drug-likeness (QED) is 0.805. The Morgan fingerprint density at radius 2 is 2.04 bits per heavy atom. The number of anilines is 1. The van der Waals surface area contributed by atoms with Crippen molar-refractivity contribution in [3.05, 3.63) is 41.7 Å². The van der Waals surface area contributed by atoms with Gasteiger partial charge in [0, 0.05) is 18.5 Å². The summed E-state index contributed by atoms with van der Waals surface area (Å²) in [5.74, 6) is -1.51. The monoisotopic (exact) mass is 371 g/mol. The number of aromatic nitrogens is 3. The summed E-state index contributed by atoms with van der Waals surface area (Å²) in [4.78, 5) is 30.1. The Morgan fingerprint density at radius 1 is 1.33 bits per heavy atom. The summed E-state index contributed by atoms with van der Waals surface area (Å²) in [6, 6.07) is 10.1. The van der Waals surface area contributed by atoms with Crippen molar-refractivity contribution in [1.82, 2.24) is 19.7 Å². The molecule has 2 N–H and O–H groups in total. The van der Waals surface area contributed by atoms with Crippen LogP contribution in [0.15, 0.2) is 30.3 Å². The van der Waals surface area contributed by atoms with E-state index in [0.29, 0.717) is 18.8 Å². The maximum absolute atomic E-state index is 11.9. The lowest BCUT2D eigenvalue weighted by Crippen LogP contribution is -2.42. The van der Waals surface area contributed by atoms with Crippen molar-refractivity contribution in [1.29, 1.82) is 0 Å². The molecule has 2 heterocycles. The Balaban J connectivity index is 1.79. The van der Waals surface area contributed by atoms with Crippen LogP contribution in [0.25, 0.3) is 0 Å². The fraction of sp³-hybridized carbons (Fsp3) is 0.474. The van der Waals surface area contributed by atoms with Gasteiger partial charge < -0.3 is 5.11 Å². The number of carbonyl (C=O) groups is 2. The Kier molecular flexibility index (Phi) is 5.55.